The topological polar surface area (TPSA) is 154 Å². The lowest BCUT2D eigenvalue weighted by atomic mass is 9.87. The van der Waals surface area contributed by atoms with Gasteiger partial charge in [0.05, 0.1) is 0 Å². The van der Waals surface area contributed by atoms with Crippen molar-refractivity contribution in [3.8, 4) is 28.7 Å². The first kappa shape index (κ1) is 17.7. The molecule has 144 valence electrons. The predicted octanol–water partition coefficient (Wildman–Crippen LogP) is 2.47. The molecule has 0 aromatic heterocycles. The van der Waals surface area contributed by atoms with Gasteiger partial charge in [0.1, 0.15) is 22.8 Å². The lowest BCUT2D eigenvalue weighted by molar-refractivity contribution is -0.546. The highest BCUT2D eigenvalue weighted by Gasteiger charge is 2.48. The third-order valence-electron chi connectivity index (χ3n) is 4.85. The van der Waals surface area contributed by atoms with E-state index >= 15 is 0 Å². The highest BCUT2D eigenvalue weighted by molar-refractivity contribution is 5.93. The summed E-state index contributed by atoms with van der Waals surface area (Å²) in [6, 6.07) is 7.90. The van der Waals surface area contributed by atoms with Gasteiger partial charge in [0, 0.05) is 28.0 Å². The molecule has 0 fully saturated rings. The molecule has 0 spiro atoms. The van der Waals surface area contributed by atoms with E-state index in [2.05, 4.69) is 0 Å². The number of aliphatic hydroxyl groups excluding tert-OH is 1. The van der Waals surface area contributed by atoms with Crippen LogP contribution in [0.1, 0.15) is 23.3 Å². The summed E-state index contributed by atoms with van der Waals surface area (Å²) >= 11 is 0. The van der Waals surface area contributed by atoms with Gasteiger partial charge in [-0.3, -0.25) is 10.1 Å². The fourth-order valence-corrected chi connectivity index (χ4v) is 3.62. The summed E-state index contributed by atoms with van der Waals surface area (Å²) in [5.74, 6) is -1.96. The molecular weight excluding hydrogens is 370 g/mol. The molecule has 9 nitrogen and oxygen atoms in total. The molecule has 0 aliphatic carbocycles. The van der Waals surface area contributed by atoms with Gasteiger partial charge in [0.15, 0.2) is 23.7 Å². The van der Waals surface area contributed by atoms with Crippen LogP contribution in [0.3, 0.4) is 0 Å². The van der Waals surface area contributed by atoms with Crippen molar-refractivity contribution in [3.05, 3.63) is 63.7 Å². The highest BCUT2D eigenvalue weighted by Crippen LogP contribution is 2.50. The minimum atomic E-state index is -1.73. The molecule has 0 amide bonds. The van der Waals surface area contributed by atoms with E-state index in [1.54, 1.807) is 24.3 Å². The molecule has 0 saturated carbocycles. The first-order valence-electron chi connectivity index (χ1n) is 8.27. The molecule has 5 N–H and O–H groups in total. The van der Waals surface area contributed by atoms with E-state index < -0.39 is 34.7 Å². The van der Waals surface area contributed by atoms with Crippen molar-refractivity contribution >= 4 is 10.8 Å². The van der Waals surface area contributed by atoms with Crippen molar-refractivity contribution in [2.75, 3.05) is 0 Å². The van der Waals surface area contributed by atoms with Crippen LogP contribution in [0.15, 0.2) is 42.5 Å². The number of phenols is 4. The van der Waals surface area contributed by atoms with E-state index in [-0.39, 0.29) is 33.8 Å². The minimum absolute atomic E-state index is 0.161. The fourth-order valence-electron chi connectivity index (χ4n) is 3.62. The molecule has 1 aliphatic rings. The largest absolute Gasteiger partial charge is 0.508 e. The molecule has 3 unspecified atom stereocenters. The Balaban J connectivity index is 1.96. The zero-order valence-electron chi connectivity index (χ0n) is 14.2. The van der Waals surface area contributed by atoms with E-state index in [9.17, 15) is 35.6 Å². The first-order valence-corrected chi connectivity index (χ1v) is 8.27. The van der Waals surface area contributed by atoms with Crippen LogP contribution in [-0.4, -0.2) is 36.6 Å². The predicted molar refractivity (Wildman–Crippen MR) is 96.2 cm³/mol. The summed E-state index contributed by atoms with van der Waals surface area (Å²) in [5, 5.41) is 63.0. The number of ether oxygens (including phenoxy) is 1. The molecule has 1 heterocycles. The maximum atomic E-state index is 11.7. The van der Waals surface area contributed by atoms with E-state index in [4.69, 9.17) is 4.74 Å². The third-order valence-corrected chi connectivity index (χ3v) is 4.85. The van der Waals surface area contributed by atoms with E-state index in [0.717, 1.165) is 18.2 Å². The van der Waals surface area contributed by atoms with Crippen LogP contribution >= 0.6 is 0 Å². The number of hydrogen-bond donors (Lipinski definition) is 5. The Hall–Kier alpha value is -3.72. The van der Waals surface area contributed by atoms with Gasteiger partial charge in [-0.05, 0) is 11.5 Å². The minimum Gasteiger partial charge on any atom is -0.508 e. The quantitative estimate of drug-likeness (QED) is 0.256. The lowest BCUT2D eigenvalue weighted by Gasteiger charge is -2.33. The van der Waals surface area contributed by atoms with Gasteiger partial charge in [-0.1, -0.05) is 24.3 Å². The summed E-state index contributed by atoms with van der Waals surface area (Å²) in [6.07, 6.45) is -3.02. The maximum Gasteiger partial charge on any atom is 0.274 e. The Morgan fingerprint density at radius 3 is 2.32 bits per heavy atom. The molecule has 1 aliphatic heterocycles. The van der Waals surface area contributed by atoms with Crippen LogP contribution < -0.4 is 4.74 Å². The van der Waals surface area contributed by atoms with Gasteiger partial charge in [-0.15, -0.1) is 0 Å². The standard InChI is InChI=1S/C19H15NO8/c21-8-5-12(22)15-14(6-8)28-19(18(25)16(15)20(26)27)11-7-13(23)17(24)10-4-2-1-3-9(10)11/h1-7,16,18-19,21-25H. The second-order valence-corrected chi connectivity index (χ2v) is 6.52. The maximum absolute atomic E-state index is 11.7. The SMILES string of the molecule is O=[N+]([O-])C1c2c(O)cc(O)cc2OC(c2cc(O)c(O)c3ccccc23)C1O. The second kappa shape index (κ2) is 6.17. The molecule has 0 bridgehead atoms. The number of benzene rings is 3. The van der Waals surface area contributed by atoms with Crippen molar-refractivity contribution < 1.29 is 35.2 Å². The molecular formula is C19H15NO8. The average molecular weight is 385 g/mol. The Labute approximate surface area is 157 Å². The van der Waals surface area contributed by atoms with Crippen LogP contribution in [0.5, 0.6) is 28.7 Å². The number of aromatic hydroxyl groups is 4. The summed E-state index contributed by atoms with van der Waals surface area (Å²) in [6.45, 7) is 0. The number of phenolic OH excluding ortho intramolecular Hbond substituents is 4. The summed E-state index contributed by atoms with van der Waals surface area (Å²) in [4.78, 5) is 10.9. The molecule has 0 radical (unpaired) electrons. The van der Waals surface area contributed by atoms with Crippen molar-refractivity contribution in [1.82, 2.24) is 0 Å². The molecule has 4 rings (SSSR count). The van der Waals surface area contributed by atoms with Crippen molar-refractivity contribution in [3.63, 3.8) is 0 Å². The Morgan fingerprint density at radius 2 is 1.64 bits per heavy atom. The second-order valence-electron chi connectivity index (χ2n) is 6.52. The monoisotopic (exact) mass is 385 g/mol. The van der Waals surface area contributed by atoms with E-state index in [0.29, 0.717) is 5.39 Å². The number of rotatable bonds is 2. The van der Waals surface area contributed by atoms with Gasteiger partial charge < -0.3 is 30.3 Å². The molecule has 3 atom stereocenters. The average Bonchev–Trinajstić information content (AvgIpc) is 2.64. The lowest BCUT2D eigenvalue weighted by Crippen LogP contribution is -2.38. The number of aliphatic hydroxyl groups is 1. The first-order chi connectivity index (χ1) is 13.3. The fraction of sp³-hybridized carbons (Fsp3) is 0.158. The van der Waals surface area contributed by atoms with Gasteiger partial charge >= 0.3 is 0 Å². The number of nitro groups is 1. The number of hydrogen-bond acceptors (Lipinski definition) is 8. The van der Waals surface area contributed by atoms with Crippen LogP contribution in [0.2, 0.25) is 0 Å². The van der Waals surface area contributed by atoms with Gasteiger partial charge in [0.2, 0.25) is 0 Å². The zero-order valence-corrected chi connectivity index (χ0v) is 14.2. The number of fused-ring (bicyclic) bond motifs is 2. The zero-order chi connectivity index (χ0) is 20.2. The van der Waals surface area contributed by atoms with Crippen LogP contribution in [-0.2, 0) is 0 Å². The smallest absolute Gasteiger partial charge is 0.274 e. The Bertz CT molecular complexity index is 1110. The molecule has 28 heavy (non-hydrogen) atoms. The van der Waals surface area contributed by atoms with E-state index in [1.165, 1.54) is 0 Å². The van der Waals surface area contributed by atoms with Crippen molar-refractivity contribution in [2.24, 2.45) is 0 Å². The Kier molecular flexibility index (Phi) is 3.90. The van der Waals surface area contributed by atoms with Gasteiger partial charge in [0.25, 0.3) is 6.04 Å². The van der Waals surface area contributed by atoms with E-state index in [1.807, 2.05) is 0 Å². The van der Waals surface area contributed by atoms with Crippen LogP contribution in [0.25, 0.3) is 10.8 Å². The molecule has 3 aromatic carbocycles. The van der Waals surface area contributed by atoms with Crippen LogP contribution in [0.4, 0.5) is 0 Å². The number of nitrogens with zero attached hydrogens (tertiary/aromatic N) is 1. The van der Waals surface area contributed by atoms with Crippen LogP contribution in [0, 0.1) is 10.1 Å². The summed E-state index contributed by atoms with van der Waals surface area (Å²) in [7, 11) is 0. The molecule has 0 saturated heterocycles. The van der Waals surface area contributed by atoms with Crippen molar-refractivity contribution in [2.45, 2.75) is 18.2 Å². The normalized spacial score (nSPS) is 21.1. The third kappa shape index (κ3) is 2.52. The van der Waals surface area contributed by atoms with Gasteiger partial charge in [-0.25, -0.2) is 0 Å². The Morgan fingerprint density at radius 1 is 0.964 bits per heavy atom. The molecule has 3 aromatic rings. The summed E-state index contributed by atoms with van der Waals surface area (Å²) in [5.41, 5.74) is -0.0439. The summed E-state index contributed by atoms with van der Waals surface area (Å²) < 4.78 is 5.71. The molecule has 9 heteroatoms. The van der Waals surface area contributed by atoms with Gasteiger partial charge in [-0.2, -0.15) is 0 Å². The highest BCUT2D eigenvalue weighted by atomic mass is 16.6. The van der Waals surface area contributed by atoms with Crippen molar-refractivity contribution in [1.29, 1.82) is 0 Å².